The van der Waals surface area contributed by atoms with Crippen molar-refractivity contribution in [1.29, 1.82) is 0 Å². The molecule has 0 N–H and O–H groups in total. The number of carbonyl (C=O) groups excluding carboxylic acids is 2. The molecule has 0 bridgehead atoms. The van der Waals surface area contributed by atoms with Crippen molar-refractivity contribution >= 4 is 23.4 Å². The Morgan fingerprint density at radius 1 is 1.56 bits per heavy atom. The average molecular weight is 246 g/mol. The third kappa shape index (κ3) is 2.55. The minimum Gasteiger partial charge on any atom is -0.468 e. The SMILES string of the molecule is COC(=O)C(C)C(=O)c1ncc(Cl)cc1F. The second-order valence-electron chi connectivity index (χ2n) is 3.09. The molecule has 86 valence electrons. The van der Waals surface area contributed by atoms with Crippen LogP contribution in [0.3, 0.4) is 0 Å². The van der Waals surface area contributed by atoms with Gasteiger partial charge in [0.15, 0.2) is 11.6 Å². The van der Waals surface area contributed by atoms with Crippen LogP contribution in [-0.4, -0.2) is 23.8 Å². The number of methoxy groups -OCH3 is 1. The second-order valence-corrected chi connectivity index (χ2v) is 3.53. The van der Waals surface area contributed by atoms with E-state index in [1.54, 1.807) is 0 Å². The van der Waals surface area contributed by atoms with Crippen LogP contribution in [0, 0.1) is 11.7 Å². The van der Waals surface area contributed by atoms with Gasteiger partial charge in [0.05, 0.1) is 12.1 Å². The number of hydrogen-bond donors (Lipinski definition) is 0. The molecule has 0 aliphatic carbocycles. The number of ether oxygens (including phenoxy) is 1. The quantitative estimate of drug-likeness (QED) is 0.463. The monoisotopic (exact) mass is 245 g/mol. The zero-order valence-electron chi connectivity index (χ0n) is 8.66. The number of rotatable bonds is 3. The van der Waals surface area contributed by atoms with Crippen LogP contribution in [0.1, 0.15) is 17.4 Å². The first-order chi connectivity index (χ1) is 7.47. The van der Waals surface area contributed by atoms with E-state index in [-0.39, 0.29) is 5.02 Å². The first-order valence-corrected chi connectivity index (χ1v) is 4.78. The van der Waals surface area contributed by atoms with E-state index in [0.29, 0.717) is 0 Å². The van der Waals surface area contributed by atoms with Crippen molar-refractivity contribution in [1.82, 2.24) is 4.98 Å². The molecule has 1 heterocycles. The summed E-state index contributed by atoms with van der Waals surface area (Å²) in [7, 11) is 1.15. The zero-order chi connectivity index (χ0) is 12.3. The Balaban J connectivity index is 3.01. The van der Waals surface area contributed by atoms with Gasteiger partial charge in [-0.2, -0.15) is 0 Å². The van der Waals surface area contributed by atoms with E-state index in [4.69, 9.17) is 11.6 Å². The van der Waals surface area contributed by atoms with Gasteiger partial charge in [-0.15, -0.1) is 0 Å². The van der Waals surface area contributed by atoms with Crippen molar-refractivity contribution in [3.63, 3.8) is 0 Å². The molecule has 0 fully saturated rings. The molecule has 0 amide bonds. The van der Waals surface area contributed by atoms with E-state index >= 15 is 0 Å². The number of Topliss-reactive ketones (excluding diaryl/α,β-unsaturated/α-hetero) is 1. The number of pyridine rings is 1. The molecule has 1 aromatic heterocycles. The molecule has 1 atom stereocenters. The number of ketones is 1. The van der Waals surface area contributed by atoms with Crippen molar-refractivity contribution < 1.29 is 18.7 Å². The van der Waals surface area contributed by atoms with Gasteiger partial charge in [0, 0.05) is 6.20 Å². The molecule has 16 heavy (non-hydrogen) atoms. The van der Waals surface area contributed by atoms with E-state index in [9.17, 15) is 14.0 Å². The molecule has 0 saturated carbocycles. The second kappa shape index (κ2) is 5.03. The highest BCUT2D eigenvalue weighted by atomic mass is 35.5. The lowest BCUT2D eigenvalue weighted by Gasteiger charge is -2.07. The zero-order valence-corrected chi connectivity index (χ0v) is 9.42. The lowest BCUT2D eigenvalue weighted by molar-refractivity contribution is -0.143. The van der Waals surface area contributed by atoms with Gasteiger partial charge >= 0.3 is 5.97 Å². The molecule has 1 rings (SSSR count). The normalized spacial score (nSPS) is 12.0. The Hall–Kier alpha value is -1.49. The van der Waals surface area contributed by atoms with Crippen molar-refractivity contribution in [2.45, 2.75) is 6.92 Å². The van der Waals surface area contributed by atoms with Crippen LogP contribution in [-0.2, 0) is 9.53 Å². The van der Waals surface area contributed by atoms with Crippen LogP contribution >= 0.6 is 11.6 Å². The van der Waals surface area contributed by atoms with Gasteiger partial charge in [-0.25, -0.2) is 9.37 Å². The number of halogens is 2. The van der Waals surface area contributed by atoms with Gasteiger partial charge in [0.25, 0.3) is 0 Å². The summed E-state index contributed by atoms with van der Waals surface area (Å²) in [5.41, 5.74) is -0.415. The highest BCUT2D eigenvalue weighted by Crippen LogP contribution is 2.15. The fourth-order valence-corrected chi connectivity index (χ4v) is 1.23. The molecule has 6 heteroatoms. The highest BCUT2D eigenvalue weighted by molar-refractivity contribution is 6.30. The molecular weight excluding hydrogens is 237 g/mol. The van der Waals surface area contributed by atoms with Crippen LogP contribution in [0.25, 0.3) is 0 Å². The third-order valence-corrected chi connectivity index (χ3v) is 2.20. The summed E-state index contributed by atoms with van der Waals surface area (Å²) in [6, 6.07) is 0.964. The summed E-state index contributed by atoms with van der Waals surface area (Å²) in [5, 5.41) is 0.0831. The molecule has 0 spiro atoms. The maximum Gasteiger partial charge on any atom is 0.316 e. The predicted octanol–water partition coefficient (Wildman–Crippen LogP) is 1.87. The number of esters is 1. The van der Waals surface area contributed by atoms with Crippen LogP contribution in [0.4, 0.5) is 4.39 Å². The molecule has 1 unspecified atom stereocenters. The lowest BCUT2D eigenvalue weighted by Crippen LogP contribution is -2.24. The van der Waals surface area contributed by atoms with Gasteiger partial charge in [0.2, 0.25) is 0 Å². The van der Waals surface area contributed by atoms with Crippen molar-refractivity contribution in [3.05, 3.63) is 28.8 Å². The minimum atomic E-state index is -1.09. The molecule has 0 saturated heterocycles. The summed E-state index contributed by atoms with van der Waals surface area (Å²) < 4.78 is 17.7. The summed E-state index contributed by atoms with van der Waals surface area (Å²) >= 11 is 5.49. The first-order valence-electron chi connectivity index (χ1n) is 4.40. The van der Waals surface area contributed by atoms with Crippen LogP contribution < -0.4 is 0 Å². The van der Waals surface area contributed by atoms with E-state index in [1.165, 1.54) is 6.92 Å². The maximum atomic E-state index is 13.3. The molecule has 0 aliphatic rings. The number of nitrogens with zero attached hydrogens (tertiary/aromatic N) is 1. The molecular formula is C10H9ClFNO3. The van der Waals surface area contributed by atoms with Gasteiger partial charge in [-0.1, -0.05) is 11.6 Å². The third-order valence-electron chi connectivity index (χ3n) is 1.99. The summed E-state index contributed by atoms with van der Waals surface area (Å²) in [4.78, 5) is 26.3. The van der Waals surface area contributed by atoms with Crippen molar-refractivity contribution in [2.75, 3.05) is 7.11 Å². The molecule has 0 aromatic carbocycles. The Kier molecular flexibility index (Phi) is 3.95. The maximum absolute atomic E-state index is 13.3. The van der Waals surface area contributed by atoms with Gasteiger partial charge in [-0.3, -0.25) is 9.59 Å². The van der Waals surface area contributed by atoms with Crippen molar-refractivity contribution in [3.8, 4) is 0 Å². The van der Waals surface area contributed by atoms with E-state index in [2.05, 4.69) is 9.72 Å². The fourth-order valence-electron chi connectivity index (χ4n) is 1.08. The standard InChI is InChI=1S/C10H9ClFNO3/c1-5(10(15)16-2)9(14)8-7(12)3-6(11)4-13-8/h3-5H,1-2H3. The topological polar surface area (TPSA) is 56.3 Å². The first kappa shape index (κ1) is 12.6. The van der Waals surface area contributed by atoms with Gasteiger partial charge in [0.1, 0.15) is 11.6 Å². The molecule has 4 nitrogen and oxygen atoms in total. The summed E-state index contributed by atoms with van der Waals surface area (Å²) in [6.45, 7) is 1.32. The number of hydrogen-bond acceptors (Lipinski definition) is 4. The average Bonchev–Trinajstić information content (AvgIpc) is 2.26. The molecule has 0 aliphatic heterocycles. The fraction of sp³-hybridized carbons (Fsp3) is 0.300. The van der Waals surface area contributed by atoms with Crippen LogP contribution in [0.5, 0.6) is 0 Å². The smallest absolute Gasteiger partial charge is 0.316 e. The Bertz CT molecular complexity index is 436. The predicted molar refractivity (Wildman–Crippen MR) is 54.7 cm³/mol. The van der Waals surface area contributed by atoms with E-state index < -0.39 is 29.2 Å². The van der Waals surface area contributed by atoms with Crippen LogP contribution in [0.15, 0.2) is 12.3 Å². The Morgan fingerprint density at radius 3 is 2.69 bits per heavy atom. The minimum absolute atomic E-state index is 0.0831. The molecule has 1 aromatic rings. The van der Waals surface area contributed by atoms with E-state index in [0.717, 1.165) is 19.4 Å². The summed E-state index contributed by atoms with van der Waals surface area (Å²) in [5.74, 6) is -3.41. The number of carbonyl (C=O) groups is 2. The lowest BCUT2D eigenvalue weighted by atomic mass is 10.0. The largest absolute Gasteiger partial charge is 0.468 e. The Labute approximate surface area is 96.4 Å². The van der Waals surface area contributed by atoms with Crippen LogP contribution in [0.2, 0.25) is 5.02 Å². The summed E-state index contributed by atoms with van der Waals surface area (Å²) in [6.07, 6.45) is 1.14. The highest BCUT2D eigenvalue weighted by Gasteiger charge is 2.26. The Morgan fingerprint density at radius 2 is 2.19 bits per heavy atom. The van der Waals surface area contributed by atoms with E-state index in [1.807, 2.05) is 0 Å². The van der Waals surface area contributed by atoms with Gasteiger partial charge in [-0.05, 0) is 13.0 Å². The van der Waals surface area contributed by atoms with Crippen molar-refractivity contribution in [2.24, 2.45) is 5.92 Å². The van der Waals surface area contributed by atoms with Gasteiger partial charge < -0.3 is 4.74 Å². The molecule has 0 radical (unpaired) electrons. The number of aromatic nitrogens is 1.